The number of hydrogen-bond donors (Lipinski definition) is 3. The van der Waals surface area contributed by atoms with Gasteiger partial charge in [0.15, 0.2) is 0 Å². The number of aromatic amines is 1. The Balaban J connectivity index is 0.811. The van der Waals surface area contributed by atoms with E-state index in [1.54, 1.807) is 24.5 Å². The van der Waals surface area contributed by atoms with Gasteiger partial charge >= 0.3 is 0 Å². The van der Waals surface area contributed by atoms with Crippen molar-refractivity contribution in [1.82, 2.24) is 29.5 Å². The van der Waals surface area contributed by atoms with Gasteiger partial charge in [0, 0.05) is 62.6 Å². The smallest absolute Gasteiger partial charge is 0.270 e. The molecule has 4 N–H and O–H groups in total. The Morgan fingerprint density at radius 1 is 0.969 bits per heavy atom. The number of amides is 1. The Labute approximate surface area is 382 Å². The van der Waals surface area contributed by atoms with Crippen LogP contribution in [0.4, 0.5) is 17.2 Å². The standard InChI is InChI=1S/C50H63N9O5S/c1-33(2)40-7-4-5-8-41(40)44-9-6-18-59(44)36-26-50(27-36)15-21-58(22-16-50)47-25-46(64-38-23-35-12-17-52-48(35)54-28-38)42(29-53-47)49(60)55-65(61,62)39-10-11-45(43(51)24-39)56(3)30-34-13-19-57(20-14-34)37-31-63-32-37/h4-5,7-8,10-12,17,23-25,28-29,33-34,36-37,44H,6,9,13-16,18-22,26-27,30-32,51H2,1-3H3,(H,52,54)(H,55,60)/t44-/m0/s1. The molecule has 344 valence electrons. The molecule has 4 aliphatic heterocycles. The van der Waals surface area contributed by atoms with Gasteiger partial charge in [-0.2, -0.15) is 0 Å². The van der Waals surface area contributed by atoms with Crippen LogP contribution in [0.25, 0.3) is 11.0 Å². The average Bonchev–Trinajstić information content (AvgIpc) is 3.95. The normalized spacial score (nSPS) is 21.2. The summed E-state index contributed by atoms with van der Waals surface area (Å²) in [6.45, 7) is 12.0. The number of piperidine rings is 2. The molecule has 0 unspecified atom stereocenters. The third-order valence-corrected chi connectivity index (χ3v) is 16.5. The molecule has 1 atom stereocenters. The zero-order valence-electron chi connectivity index (χ0n) is 37.9. The SMILES string of the molecule is CC(C)c1ccccc1[C@@H]1CCCN1C1CC2(CCN(c3cc(Oc4cnc5[nH]ccc5c4)c(C(=O)NS(=O)(=O)c4ccc(N(C)CC5CCN(C6COC6)CC5)c(N)c4)cn3)CC2)C1. The number of likely N-dealkylation sites (tertiary alicyclic amines) is 2. The third kappa shape index (κ3) is 8.92. The van der Waals surface area contributed by atoms with Gasteiger partial charge in [-0.1, -0.05) is 38.1 Å². The minimum Gasteiger partial charge on any atom is -0.455 e. The Morgan fingerprint density at radius 3 is 2.49 bits per heavy atom. The topological polar surface area (TPSA) is 162 Å². The number of carbonyl (C=O) groups is 1. The number of nitrogens with zero attached hydrogens (tertiary/aromatic N) is 6. The number of H-pyrrole nitrogens is 1. The lowest BCUT2D eigenvalue weighted by Gasteiger charge is -2.56. The van der Waals surface area contributed by atoms with Crippen LogP contribution in [0.1, 0.15) is 98.7 Å². The molecule has 7 heterocycles. The van der Waals surface area contributed by atoms with Gasteiger partial charge in [0.1, 0.15) is 28.5 Å². The van der Waals surface area contributed by atoms with Gasteiger partial charge < -0.3 is 30.0 Å². The zero-order chi connectivity index (χ0) is 44.9. The molecule has 1 saturated carbocycles. The number of benzene rings is 2. The first-order chi connectivity index (χ1) is 31.4. The first kappa shape index (κ1) is 43.7. The predicted molar refractivity (Wildman–Crippen MR) is 254 cm³/mol. The monoisotopic (exact) mass is 901 g/mol. The van der Waals surface area contributed by atoms with Crippen molar-refractivity contribution in [2.75, 3.05) is 75.1 Å². The summed E-state index contributed by atoms with van der Waals surface area (Å²) in [4.78, 5) is 35.9. The Bertz CT molecular complexity index is 2630. The van der Waals surface area contributed by atoms with Crippen molar-refractivity contribution in [1.29, 1.82) is 0 Å². The molecular weight excluding hydrogens is 839 g/mol. The van der Waals surface area contributed by atoms with E-state index in [0.717, 1.165) is 82.7 Å². The molecule has 5 fully saturated rings. The highest BCUT2D eigenvalue weighted by atomic mass is 32.2. The third-order valence-electron chi connectivity index (χ3n) is 15.2. The van der Waals surface area contributed by atoms with E-state index in [1.807, 2.05) is 19.2 Å². The van der Waals surface area contributed by atoms with Crippen LogP contribution < -0.4 is 25.0 Å². The molecule has 1 spiro atoms. The number of aromatic nitrogens is 3. The molecule has 5 aromatic rings. The van der Waals surface area contributed by atoms with Crippen LogP contribution in [-0.4, -0.2) is 111 Å². The van der Waals surface area contributed by atoms with Crippen LogP contribution in [0.5, 0.6) is 11.5 Å². The van der Waals surface area contributed by atoms with Crippen LogP contribution in [-0.2, 0) is 14.8 Å². The van der Waals surface area contributed by atoms with Crippen molar-refractivity contribution >= 4 is 44.2 Å². The van der Waals surface area contributed by atoms with Crippen molar-refractivity contribution in [3.63, 3.8) is 0 Å². The van der Waals surface area contributed by atoms with Crippen LogP contribution in [0.3, 0.4) is 0 Å². The fraction of sp³-hybridized carbons (Fsp3) is 0.500. The lowest BCUT2D eigenvalue weighted by Crippen LogP contribution is -2.55. The number of hydrogen-bond acceptors (Lipinski definition) is 12. The van der Waals surface area contributed by atoms with Gasteiger partial charge in [-0.15, -0.1) is 0 Å². The summed E-state index contributed by atoms with van der Waals surface area (Å²) in [5.41, 5.74) is 11.6. The number of rotatable bonds is 13. The summed E-state index contributed by atoms with van der Waals surface area (Å²) in [6.07, 6.45) is 14.0. The maximum absolute atomic E-state index is 14.0. The minimum absolute atomic E-state index is 0.0128. The first-order valence-corrected chi connectivity index (χ1v) is 25.1. The summed E-state index contributed by atoms with van der Waals surface area (Å²) in [6, 6.07) is 20.8. The van der Waals surface area contributed by atoms with Crippen LogP contribution >= 0.6 is 0 Å². The van der Waals surface area contributed by atoms with E-state index in [0.29, 0.717) is 58.3 Å². The van der Waals surface area contributed by atoms with Crippen molar-refractivity contribution in [3.05, 3.63) is 95.9 Å². The fourth-order valence-electron chi connectivity index (χ4n) is 11.4. The number of fused-ring (bicyclic) bond motifs is 1. The van der Waals surface area contributed by atoms with E-state index in [4.69, 9.17) is 20.2 Å². The number of anilines is 3. The molecule has 10 rings (SSSR count). The van der Waals surface area contributed by atoms with Gasteiger partial charge in [0.05, 0.1) is 41.7 Å². The highest BCUT2D eigenvalue weighted by Gasteiger charge is 2.50. The summed E-state index contributed by atoms with van der Waals surface area (Å²) in [5.74, 6) is 1.43. The average molecular weight is 902 g/mol. The van der Waals surface area contributed by atoms with E-state index >= 15 is 0 Å². The summed E-state index contributed by atoms with van der Waals surface area (Å²) >= 11 is 0. The molecule has 2 aromatic carbocycles. The molecule has 0 radical (unpaired) electrons. The van der Waals surface area contributed by atoms with E-state index in [9.17, 15) is 13.2 Å². The van der Waals surface area contributed by atoms with Gasteiger partial charge in [-0.05, 0) is 130 Å². The maximum Gasteiger partial charge on any atom is 0.270 e. The number of nitrogens with one attached hydrogen (secondary N) is 2. The highest BCUT2D eigenvalue weighted by Crippen LogP contribution is 2.54. The first-order valence-electron chi connectivity index (χ1n) is 23.6. The maximum atomic E-state index is 14.0. The van der Waals surface area contributed by atoms with Crippen LogP contribution in [0.15, 0.2) is 84.1 Å². The fourth-order valence-corrected chi connectivity index (χ4v) is 12.4. The summed E-state index contributed by atoms with van der Waals surface area (Å²) in [5, 5.41) is 0.839. The highest BCUT2D eigenvalue weighted by molar-refractivity contribution is 7.90. The summed E-state index contributed by atoms with van der Waals surface area (Å²) in [7, 11) is -2.34. The molecule has 0 bridgehead atoms. The molecule has 65 heavy (non-hydrogen) atoms. The van der Waals surface area contributed by atoms with Gasteiger partial charge in [-0.25, -0.2) is 23.1 Å². The zero-order valence-corrected chi connectivity index (χ0v) is 38.7. The quantitative estimate of drug-likeness (QED) is 0.0989. The van der Waals surface area contributed by atoms with Gasteiger partial charge in [0.2, 0.25) is 0 Å². The number of nitrogens with two attached hydrogens (primary N) is 1. The van der Waals surface area contributed by atoms with E-state index in [2.05, 4.69) is 72.4 Å². The molecular formula is C50H63N9O5S. The molecule has 14 nitrogen and oxygen atoms in total. The van der Waals surface area contributed by atoms with Crippen molar-refractivity contribution in [3.8, 4) is 11.5 Å². The molecule has 4 saturated heterocycles. The van der Waals surface area contributed by atoms with Gasteiger partial charge in [-0.3, -0.25) is 14.6 Å². The number of carbonyl (C=O) groups excluding carboxylic acids is 1. The van der Waals surface area contributed by atoms with E-state index < -0.39 is 15.9 Å². The second kappa shape index (κ2) is 17.9. The van der Waals surface area contributed by atoms with Crippen LogP contribution in [0.2, 0.25) is 0 Å². The van der Waals surface area contributed by atoms with Crippen molar-refractivity contribution in [2.24, 2.45) is 11.3 Å². The van der Waals surface area contributed by atoms with E-state index in [1.165, 1.54) is 61.7 Å². The molecule has 1 amide bonds. The Kier molecular flexibility index (Phi) is 12.0. The van der Waals surface area contributed by atoms with Crippen LogP contribution in [0, 0.1) is 11.3 Å². The second-order valence-corrected chi connectivity index (χ2v) is 21.3. The van der Waals surface area contributed by atoms with E-state index in [-0.39, 0.29) is 16.2 Å². The molecule has 15 heteroatoms. The second-order valence-electron chi connectivity index (χ2n) is 19.7. The molecule has 5 aliphatic rings. The Morgan fingerprint density at radius 2 is 1.75 bits per heavy atom. The number of pyridine rings is 2. The lowest BCUT2D eigenvalue weighted by molar-refractivity contribution is -0.0734. The largest absolute Gasteiger partial charge is 0.455 e. The van der Waals surface area contributed by atoms with Crippen molar-refractivity contribution < 1.29 is 22.7 Å². The summed E-state index contributed by atoms with van der Waals surface area (Å²) < 4.78 is 41.7. The minimum atomic E-state index is -4.33. The van der Waals surface area contributed by atoms with Crippen molar-refractivity contribution in [2.45, 2.75) is 94.2 Å². The predicted octanol–water partition coefficient (Wildman–Crippen LogP) is 7.71. The van der Waals surface area contributed by atoms with Gasteiger partial charge in [0.25, 0.3) is 15.9 Å². The molecule has 1 aliphatic carbocycles. The molecule has 3 aromatic heterocycles. The lowest BCUT2D eigenvalue weighted by atomic mass is 9.60. The number of ether oxygens (including phenoxy) is 2. The number of sulfonamides is 1. The Hall–Kier alpha value is -5.22. The number of nitrogen functional groups attached to an aromatic ring is 1.